The Morgan fingerprint density at radius 1 is 1.46 bits per heavy atom. The summed E-state index contributed by atoms with van der Waals surface area (Å²) in [5.41, 5.74) is 2.97. The van der Waals surface area contributed by atoms with Crippen LogP contribution in [0.2, 0.25) is 0 Å². The van der Waals surface area contributed by atoms with E-state index < -0.39 is 0 Å². The van der Waals surface area contributed by atoms with Crippen molar-refractivity contribution in [3.05, 3.63) is 39.4 Å². The van der Waals surface area contributed by atoms with Crippen molar-refractivity contribution < 1.29 is 4.79 Å². The monoisotopic (exact) mass is 238 g/mol. The first-order valence-electron chi connectivity index (χ1n) is 4.03. The lowest BCUT2D eigenvalue weighted by Crippen LogP contribution is -1.80. The normalized spacial score (nSPS) is 11.5. The lowest BCUT2D eigenvalue weighted by atomic mass is 10.1. The molecule has 0 N–H and O–H groups in total. The number of rotatable bonds is 2. The summed E-state index contributed by atoms with van der Waals surface area (Å²) in [6.07, 6.45) is 2.71. The van der Waals surface area contributed by atoms with E-state index in [1.165, 1.54) is 5.56 Å². The number of carbonyl (C=O) groups is 1. The maximum absolute atomic E-state index is 10.4. The Morgan fingerprint density at radius 3 is 2.69 bits per heavy atom. The van der Waals surface area contributed by atoms with Crippen molar-refractivity contribution in [1.29, 1.82) is 0 Å². The number of aldehydes is 1. The quantitative estimate of drug-likeness (QED) is 0.571. The highest BCUT2D eigenvalue weighted by Gasteiger charge is 1.95. The third-order valence-electron chi connectivity index (χ3n) is 1.78. The van der Waals surface area contributed by atoms with Crippen LogP contribution in [0.3, 0.4) is 0 Å². The summed E-state index contributed by atoms with van der Waals surface area (Å²) in [6, 6.07) is 6.02. The van der Waals surface area contributed by atoms with Crippen LogP contribution in [0.15, 0.2) is 28.2 Å². The summed E-state index contributed by atoms with van der Waals surface area (Å²) in [5, 5.41) is 0. The molecule has 1 aromatic rings. The molecule has 0 aliphatic carbocycles. The maximum Gasteiger partial charge on any atom is 0.145 e. The molecule has 0 bridgehead atoms. The second kappa shape index (κ2) is 4.38. The van der Waals surface area contributed by atoms with Gasteiger partial charge in [-0.3, -0.25) is 4.79 Å². The van der Waals surface area contributed by atoms with E-state index in [0.717, 1.165) is 21.9 Å². The number of hydrogen-bond donors (Lipinski definition) is 0. The number of aryl methyl sites for hydroxylation is 1. The van der Waals surface area contributed by atoms with Crippen molar-refractivity contribution >= 4 is 28.3 Å². The molecule has 0 unspecified atom stereocenters. The molecular formula is C11H11BrO. The molecule has 1 rings (SSSR count). The Bertz CT molecular complexity index is 353. The summed E-state index contributed by atoms with van der Waals surface area (Å²) in [4.78, 5) is 10.4. The third-order valence-corrected chi connectivity index (χ3v) is 2.63. The van der Waals surface area contributed by atoms with Gasteiger partial charge in [-0.1, -0.05) is 28.1 Å². The summed E-state index contributed by atoms with van der Waals surface area (Å²) in [6.45, 7) is 3.82. The molecule has 0 spiro atoms. The molecule has 0 fully saturated rings. The Balaban J connectivity index is 3.04. The van der Waals surface area contributed by atoms with Gasteiger partial charge in [-0.2, -0.15) is 0 Å². The van der Waals surface area contributed by atoms with Crippen molar-refractivity contribution in [2.45, 2.75) is 13.8 Å². The fraction of sp³-hybridized carbons (Fsp3) is 0.182. The number of hydrogen-bond acceptors (Lipinski definition) is 1. The Hall–Kier alpha value is -0.890. The number of halogens is 1. The van der Waals surface area contributed by atoms with Crippen LogP contribution in [0, 0.1) is 6.92 Å². The summed E-state index contributed by atoms with van der Waals surface area (Å²) >= 11 is 3.44. The Morgan fingerprint density at radius 2 is 2.15 bits per heavy atom. The highest BCUT2D eigenvalue weighted by molar-refractivity contribution is 9.10. The molecule has 0 radical (unpaired) electrons. The van der Waals surface area contributed by atoms with E-state index in [9.17, 15) is 4.79 Å². The number of carbonyl (C=O) groups excluding carboxylic acids is 1. The summed E-state index contributed by atoms with van der Waals surface area (Å²) < 4.78 is 1.07. The Kier molecular flexibility index (Phi) is 3.43. The fourth-order valence-corrected chi connectivity index (χ4v) is 1.39. The average Bonchev–Trinajstić information content (AvgIpc) is 2.11. The van der Waals surface area contributed by atoms with Crippen LogP contribution in [-0.4, -0.2) is 6.29 Å². The molecule has 1 nitrogen and oxygen atoms in total. The molecule has 68 valence electrons. The van der Waals surface area contributed by atoms with Gasteiger partial charge in [0.15, 0.2) is 0 Å². The van der Waals surface area contributed by atoms with Crippen LogP contribution in [-0.2, 0) is 4.79 Å². The van der Waals surface area contributed by atoms with Crippen LogP contribution >= 0.6 is 15.9 Å². The predicted molar refractivity (Wildman–Crippen MR) is 58.6 cm³/mol. The summed E-state index contributed by atoms with van der Waals surface area (Å²) in [5.74, 6) is 0. The molecule has 0 aromatic heterocycles. The average molecular weight is 239 g/mol. The van der Waals surface area contributed by atoms with Crippen LogP contribution < -0.4 is 0 Å². The molecule has 13 heavy (non-hydrogen) atoms. The molecule has 0 atom stereocenters. The van der Waals surface area contributed by atoms with E-state index >= 15 is 0 Å². The van der Waals surface area contributed by atoms with E-state index in [1.807, 2.05) is 31.2 Å². The van der Waals surface area contributed by atoms with Gasteiger partial charge in [-0.25, -0.2) is 0 Å². The standard InChI is InChI=1S/C11H11BrO/c1-8(7-13)5-10-4-3-9(2)11(12)6-10/h3-7H,1-2H3/b8-5-. The molecule has 1 aromatic carbocycles. The van der Waals surface area contributed by atoms with Gasteiger partial charge in [-0.05, 0) is 42.7 Å². The minimum absolute atomic E-state index is 0.732. The molecule has 0 saturated carbocycles. The smallest absolute Gasteiger partial charge is 0.145 e. The van der Waals surface area contributed by atoms with Crippen molar-refractivity contribution in [2.75, 3.05) is 0 Å². The van der Waals surface area contributed by atoms with Gasteiger partial charge in [0.1, 0.15) is 6.29 Å². The molecule has 0 heterocycles. The second-order valence-corrected chi connectivity index (χ2v) is 3.87. The van der Waals surface area contributed by atoms with Gasteiger partial charge in [-0.15, -0.1) is 0 Å². The first-order valence-corrected chi connectivity index (χ1v) is 4.82. The zero-order valence-corrected chi connectivity index (χ0v) is 9.26. The van der Waals surface area contributed by atoms with E-state index in [2.05, 4.69) is 15.9 Å². The maximum atomic E-state index is 10.4. The lowest BCUT2D eigenvalue weighted by Gasteiger charge is -1.99. The molecule has 0 saturated heterocycles. The highest BCUT2D eigenvalue weighted by atomic mass is 79.9. The second-order valence-electron chi connectivity index (χ2n) is 3.01. The SMILES string of the molecule is C/C(C=O)=C/c1ccc(C)c(Br)c1. The minimum Gasteiger partial charge on any atom is -0.298 e. The first kappa shape index (κ1) is 10.2. The minimum atomic E-state index is 0.732. The van der Waals surface area contributed by atoms with Crippen molar-refractivity contribution in [3.63, 3.8) is 0 Å². The third kappa shape index (κ3) is 2.81. The van der Waals surface area contributed by atoms with Gasteiger partial charge in [0.2, 0.25) is 0 Å². The van der Waals surface area contributed by atoms with Crippen LogP contribution in [0.5, 0.6) is 0 Å². The van der Waals surface area contributed by atoms with Crippen molar-refractivity contribution in [2.24, 2.45) is 0 Å². The number of allylic oxidation sites excluding steroid dienone is 1. The number of benzene rings is 1. The first-order chi connectivity index (χ1) is 6.13. The molecule has 0 aliphatic heterocycles. The largest absolute Gasteiger partial charge is 0.298 e. The van der Waals surface area contributed by atoms with Gasteiger partial charge >= 0.3 is 0 Å². The van der Waals surface area contributed by atoms with Gasteiger partial charge in [0.05, 0.1) is 0 Å². The van der Waals surface area contributed by atoms with Gasteiger partial charge in [0.25, 0.3) is 0 Å². The zero-order valence-electron chi connectivity index (χ0n) is 7.67. The zero-order chi connectivity index (χ0) is 9.84. The topological polar surface area (TPSA) is 17.1 Å². The van der Waals surface area contributed by atoms with Crippen LogP contribution in [0.4, 0.5) is 0 Å². The van der Waals surface area contributed by atoms with Crippen molar-refractivity contribution in [1.82, 2.24) is 0 Å². The Labute approximate surface area is 86.6 Å². The van der Waals surface area contributed by atoms with Gasteiger partial charge < -0.3 is 0 Å². The molecule has 0 amide bonds. The summed E-state index contributed by atoms with van der Waals surface area (Å²) in [7, 11) is 0. The molecule has 2 heteroatoms. The molecular weight excluding hydrogens is 228 g/mol. The van der Waals surface area contributed by atoms with Crippen LogP contribution in [0.1, 0.15) is 18.1 Å². The predicted octanol–water partition coefficient (Wildman–Crippen LogP) is 3.36. The van der Waals surface area contributed by atoms with E-state index in [1.54, 1.807) is 6.92 Å². The highest BCUT2D eigenvalue weighted by Crippen LogP contribution is 2.18. The van der Waals surface area contributed by atoms with E-state index in [-0.39, 0.29) is 0 Å². The fourth-order valence-electron chi connectivity index (χ4n) is 0.996. The lowest BCUT2D eigenvalue weighted by molar-refractivity contribution is -0.104. The molecule has 0 aliphatic rings. The van der Waals surface area contributed by atoms with Gasteiger partial charge in [0, 0.05) is 4.47 Å². The van der Waals surface area contributed by atoms with E-state index in [4.69, 9.17) is 0 Å². The van der Waals surface area contributed by atoms with Crippen LogP contribution in [0.25, 0.3) is 6.08 Å². The van der Waals surface area contributed by atoms with E-state index in [0.29, 0.717) is 0 Å². The van der Waals surface area contributed by atoms with Crippen molar-refractivity contribution in [3.8, 4) is 0 Å².